The van der Waals surface area contributed by atoms with Crippen molar-refractivity contribution in [1.29, 1.82) is 0 Å². The molecule has 0 saturated carbocycles. The highest BCUT2D eigenvalue weighted by Crippen LogP contribution is 2.35. The van der Waals surface area contributed by atoms with E-state index >= 15 is 0 Å². The molecule has 0 aliphatic carbocycles. The van der Waals surface area contributed by atoms with Crippen LogP contribution in [-0.4, -0.2) is 41.3 Å². The van der Waals surface area contributed by atoms with E-state index in [1.165, 1.54) is 12.1 Å². The minimum atomic E-state index is -0.414. The van der Waals surface area contributed by atoms with Gasteiger partial charge in [-0.05, 0) is 35.9 Å². The summed E-state index contributed by atoms with van der Waals surface area (Å²) in [5.41, 5.74) is 1.50. The van der Waals surface area contributed by atoms with Gasteiger partial charge in [-0.25, -0.2) is 4.39 Å². The number of halogens is 1. The lowest BCUT2D eigenvalue weighted by atomic mass is 9.88. The zero-order valence-electron chi connectivity index (χ0n) is 13.6. The number of hydrogen-bond donors (Lipinski definition) is 0. The number of nitrogens with zero attached hydrogens (tertiary/aromatic N) is 3. The number of fused-ring (bicyclic) bond motifs is 1. The molecule has 0 aromatic carbocycles. The molecule has 2 saturated heterocycles. The molecule has 5 nitrogen and oxygen atoms in total. The topological polar surface area (TPSA) is 53.5 Å². The van der Waals surface area contributed by atoms with Gasteiger partial charge in [0.25, 0.3) is 0 Å². The maximum absolute atomic E-state index is 12.9. The fourth-order valence-corrected chi connectivity index (χ4v) is 4.34. The van der Waals surface area contributed by atoms with Gasteiger partial charge in [0.05, 0.1) is 24.2 Å². The van der Waals surface area contributed by atoms with Crippen molar-refractivity contribution in [3.05, 3.63) is 46.7 Å². The molecule has 7 heteroatoms. The molecule has 25 heavy (non-hydrogen) atoms. The number of thiophene rings is 1. The predicted molar refractivity (Wildman–Crippen MR) is 92.7 cm³/mol. The molecule has 2 fully saturated rings. The zero-order valence-corrected chi connectivity index (χ0v) is 14.4. The molecule has 2 aliphatic rings. The van der Waals surface area contributed by atoms with Crippen LogP contribution in [0.15, 0.2) is 35.2 Å². The van der Waals surface area contributed by atoms with Crippen molar-refractivity contribution in [1.82, 2.24) is 9.88 Å². The van der Waals surface area contributed by atoms with E-state index in [0.717, 1.165) is 18.3 Å². The van der Waals surface area contributed by atoms with E-state index in [-0.39, 0.29) is 30.1 Å². The molecule has 130 valence electrons. The number of carbonyl (C=O) groups excluding carboxylic acids is 2. The highest BCUT2D eigenvalue weighted by Gasteiger charge is 2.44. The summed E-state index contributed by atoms with van der Waals surface area (Å²) in [7, 11) is 0. The standard InChI is InChI=1S/C18H18FN3O2S/c19-13-1-2-14(20-8-13)7-17(23)21-9-12-3-5-22(15-4-6-25-11-15)18(24)16(12)10-21/h1-2,4,6,8,11-12,16H,3,5,7,9-10H2. The molecule has 0 N–H and O–H groups in total. The molecule has 2 aliphatic heterocycles. The Hall–Kier alpha value is -2.28. The number of aromatic nitrogens is 1. The minimum Gasteiger partial charge on any atom is -0.341 e. The molecule has 4 heterocycles. The number of anilines is 1. The van der Waals surface area contributed by atoms with Crippen LogP contribution in [0, 0.1) is 17.7 Å². The SMILES string of the molecule is O=C(Cc1ccc(F)cn1)N1CC2CCN(c3ccsc3)C(=O)C2C1. The lowest BCUT2D eigenvalue weighted by Gasteiger charge is -2.33. The molecule has 2 aromatic rings. The van der Waals surface area contributed by atoms with Crippen LogP contribution in [-0.2, 0) is 16.0 Å². The average molecular weight is 359 g/mol. The third kappa shape index (κ3) is 3.16. The van der Waals surface area contributed by atoms with Crippen molar-refractivity contribution in [3.63, 3.8) is 0 Å². The number of rotatable bonds is 3. The summed E-state index contributed by atoms with van der Waals surface area (Å²) in [6, 6.07) is 4.79. The number of pyridine rings is 1. The molecule has 0 radical (unpaired) electrons. The summed E-state index contributed by atoms with van der Waals surface area (Å²) in [5.74, 6) is -0.248. The van der Waals surface area contributed by atoms with Gasteiger partial charge < -0.3 is 9.80 Å². The van der Waals surface area contributed by atoms with Gasteiger partial charge in [-0.3, -0.25) is 14.6 Å². The number of hydrogen-bond acceptors (Lipinski definition) is 4. The smallest absolute Gasteiger partial charge is 0.232 e. The van der Waals surface area contributed by atoms with Crippen molar-refractivity contribution in [2.75, 3.05) is 24.5 Å². The lowest BCUT2D eigenvalue weighted by Crippen LogP contribution is -2.45. The quantitative estimate of drug-likeness (QED) is 0.845. The minimum absolute atomic E-state index is 0.0524. The Bertz CT molecular complexity index is 778. The summed E-state index contributed by atoms with van der Waals surface area (Å²) in [6.45, 7) is 1.79. The Kier molecular flexibility index (Phi) is 4.25. The predicted octanol–water partition coefficient (Wildman–Crippen LogP) is 2.34. The van der Waals surface area contributed by atoms with Crippen LogP contribution in [0.1, 0.15) is 12.1 Å². The van der Waals surface area contributed by atoms with Crippen LogP contribution < -0.4 is 4.90 Å². The van der Waals surface area contributed by atoms with Crippen molar-refractivity contribution >= 4 is 28.8 Å². The van der Waals surface area contributed by atoms with Crippen LogP contribution in [0.5, 0.6) is 0 Å². The van der Waals surface area contributed by atoms with Crippen molar-refractivity contribution in [2.24, 2.45) is 11.8 Å². The van der Waals surface area contributed by atoms with Gasteiger partial charge in [0.1, 0.15) is 5.82 Å². The number of likely N-dealkylation sites (tertiary alicyclic amines) is 1. The van der Waals surface area contributed by atoms with Gasteiger partial charge in [-0.1, -0.05) is 0 Å². The maximum atomic E-state index is 12.9. The number of amides is 2. The molecule has 4 rings (SSSR count). The second-order valence-electron chi connectivity index (χ2n) is 6.57. The highest BCUT2D eigenvalue weighted by molar-refractivity contribution is 7.08. The van der Waals surface area contributed by atoms with Crippen LogP contribution >= 0.6 is 11.3 Å². The van der Waals surface area contributed by atoms with Crippen molar-refractivity contribution in [2.45, 2.75) is 12.8 Å². The molecular weight excluding hydrogens is 341 g/mol. The Balaban J connectivity index is 1.42. The van der Waals surface area contributed by atoms with Gasteiger partial charge in [-0.15, -0.1) is 0 Å². The average Bonchev–Trinajstić information content (AvgIpc) is 3.27. The second-order valence-corrected chi connectivity index (χ2v) is 7.35. The Morgan fingerprint density at radius 1 is 1.32 bits per heavy atom. The second kappa shape index (κ2) is 6.55. The summed E-state index contributed by atoms with van der Waals surface area (Å²) >= 11 is 1.58. The Morgan fingerprint density at radius 2 is 2.20 bits per heavy atom. The summed E-state index contributed by atoms with van der Waals surface area (Å²) in [6.07, 6.45) is 2.17. The fourth-order valence-electron chi connectivity index (χ4n) is 3.70. The first-order chi connectivity index (χ1) is 12.1. The maximum Gasteiger partial charge on any atom is 0.232 e. The van der Waals surface area contributed by atoms with E-state index in [2.05, 4.69) is 4.98 Å². The largest absolute Gasteiger partial charge is 0.341 e. The Labute approximate surface area is 149 Å². The molecule has 2 unspecified atom stereocenters. The normalized spacial score (nSPS) is 23.0. The van der Waals surface area contributed by atoms with Crippen LogP contribution in [0.25, 0.3) is 0 Å². The molecule has 2 atom stereocenters. The van der Waals surface area contributed by atoms with E-state index < -0.39 is 5.82 Å². The van der Waals surface area contributed by atoms with E-state index in [1.54, 1.807) is 16.2 Å². The summed E-state index contributed by atoms with van der Waals surface area (Å²) in [5, 5.41) is 3.95. The van der Waals surface area contributed by atoms with E-state index in [1.807, 2.05) is 21.7 Å². The van der Waals surface area contributed by atoms with Crippen molar-refractivity contribution in [3.8, 4) is 0 Å². The first kappa shape index (κ1) is 16.2. The van der Waals surface area contributed by atoms with E-state index in [4.69, 9.17) is 0 Å². The number of piperidine rings is 1. The van der Waals surface area contributed by atoms with E-state index in [9.17, 15) is 14.0 Å². The molecule has 2 amide bonds. The van der Waals surface area contributed by atoms with Crippen LogP contribution in [0.2, 0.25) is 0 Å². The van der Waals surface area contributed by atoms with E-state index in [0.29, 0.717) is 25.3 Å². The van der Waals surface area contributed by atoms with Gasteiger partial charge in [-0.2, -0.15) is 11.3 Å². The molecule has 0 bridgehead atoms. The first-order valence-electron chi connectivity index (χ1n) is 8.33. The fraction of sp³-hybridized carbons (Fsp3) is 0.389. The monoisotopic (exact) mass is 359 g/mol. The Morgan fingerprint density at radius 3 is 2.92 bits per heavy atom. The summed E-state index contributed by atoms with van der Waals surface area (Å²) in [4.78, 5) is 32.9. The van der Waals surface area contributed by atoms with Crippen LogP contribution in [0.3, 0.4) is 0 Å². The zero-order chi connectivity index (χ0) is 17.4. The highest BCUT2D eigenvalue weighted by atomic mass is 32.1. The first-order valence-corrected chi connectivity index (χ1v) is 9.28. The molecular formula is C18H18FN3O2S. The third-order valence-electron chi connectivity index (χ3n) is 5.04. The lowest BCUT2D eigenvalue weighted by molar-refractivity contribution is -0.129. The van der Waals surface area contributed by atoms with Crippen molar-refractivity contribution < 1.29 is 14.0 Å². The summed E-state index contributed by atoms with van der Waals surface area (Å²) < 4.78 is 12.9. The molecule has 2 aromatic heterocycles. The van der Waals surface area contributed by atoms with Gasteiger partial charge in [0.2, 0.25) is 11.8 Å². The van der Waals surface area contributed by atoms with Crippen LogP contribution in [0.4, 0.5) is 10.1 Å². The molecule has 0 spiro atoms. The number of carbonyl (C=O) groups is 2. The van der Waals surface area contributed by atoms with Gasteiger partial charge in [0, 0.05) is 30.7 Å². The van der Waals surface area contributed by atoms with Gasteiger partial charge >= 0.3 is 0 Å². The third-order valence-corrected chi connectivity index (χ3v) is 5.71. The van der Waals surface area contributed by atoms with Gasteiger partial charge in [0.15, 0.2) is 0 Å².